The Morgan fingerprint density at radius 1 is 1.17 bits per heavy atom. The van der Waals surface area contributed by atoms with Gasteiger partial charge in [0, 0.05) is 34.5 Å². The molecule has 0 atom stereocenters. The first-order valence-electron chi connectivity index (χ1n) is 6.75. The predicted octanol–water partition coefficient (Wildman–Crippen LogP) is 4.30. The van der Waals surface area contributed by atoms with Gasteiger partial charge in [-0.2, -0.15) is 5.10 Å². The highest BCUT2D eigenvalue weighted by atomic mass is 35.5. The topological polar surface area (TPSA) is 61.0 Å². The lowest BCUT2D eigenvalue weighted by molar-refractivity contribution is -0.384. The lowest BCUT2D eigenvalue weighted by Crippen LogP contribution is -2.02. The number of rotatable bonds is 4. The zero-order valence-corrected chi connectivity index (χ0v) is 12.6. The first-order chi connectivity index (χ1) is 11.0. The van der Waals surface area contributed by atoms with E-state index < -0.39 is 4.92 Å². The number of hydrogen-bond donors (Lipinski definition) is 0. The van der Waals surface area contributed by atoms with Gasteiger partial charge in [0.2, 0.25) is 0 Å². The van der Waals surface area contributed by atoms with Crippen molar-refractivity contribution in [2.75, 3.05) is 0 Å². The molecule has 7 heteroatoms. The van der Waals surface area contributed by atoms with Gasteiger partial charge in [-0.05, 0) is 29.8 Å². The summed E-state index contributed by atoms with van der Waals surface area (Å²) in [5.41, 5.74) is 1.97. The van der Waals surface area contributed by atoms with Gasteiger partial charge in [0.25, 0.3) is 5.69 Å². The molecule has 0 unspecified atom stereocenters. The molecule has 0 bridgehead atoms. The summed E-state index contributed by atoms with van der Waals surface area (Å²) in [6, 6.07) is 10.7. The minimum Gasteiger partial charge on any atom is -0.268 e. The van der Waals surface area contributed by atoms with Gasteiger partial charge >= 0.3 is 0 Å². The van der Waals surface area contributed by atoms with E-state index in [1.54, 1.807) is 41.3 Å². The molecule has 0 radical (unpaired) electrons. The molecule has 5 nitrogen and oxygen atoms in total. The molecule has 0 amide bonds. The van der Waals surface area contributed by atoms with Gasteiger partial charge in [0.05, 0.1) is 17.7 Å². The van der Waals surface area contributed by atoms with Crippen molar-refractivity contribution in [2.24, 2.45) is 0 Å². The van der Waals surface area contributed by atoms with Crippen molar-refractivity contribution in [1.29, 1.82) is 0 Å². The second kappa shape index (κ2) is 6.18. The summed E-state index contributed by atoms with van der Waals surface area (Å²) >= 11 is 6.01. The number of benzene rings is 2. The standard InChI is InChI=1S/C16H11ClFN3O2/c17-15-2-1-3-16(18)14(15)10-20-9-12(8-19-20)11-4-6-13(7-5-11)21(22)23/h1-9H,10H2. The largest absolute Gasteiger partial charge is 0.269 e. The molecule has 116 valence electrons. The maximum absolute atomic E-state index is 13.8. The molecule has 2 aromatic carbocycles. The van der Waals surface area contributed by atoms with Crippen molar-refractivity contribution in [3.63, 3.8) is 0 Å². The van der Waals surface area contributed by atoms with Crippen LogP contribution >= 0.6 is 11.6 Å². The molecule has 0 saturated carbocycles. The van der Waals surface area contributed by atoms with E-state index in [-0.39, 0.29) is 18.0 Å². The van der Waals surface area contributed by atoms with Crippen LogP contribution in [0.3, 0.4) is 0 Å². The Morgan fingerprint density at radius 2 is 1.91 bits per heavy atom. The van der Waals surface area contributed by atoms with Gasteiger partial charge in [0.1, 0.15) is 5.82 Å². The normalized spacial score (nSPS) is 10.7. The van der Waals surface area contributed by atoms with Gasteiger partial charge in [0.15, 0.2) is 0 Å². The molecular weight excluding hydrogens is 321 g/mol. The fourth-order valence-corrected chi connectivity index (χ4v) is 2.44. The third-order valence-electron chi connectivity index (χ3n) is 3.43. The summed E-state index contributed by atoms with van der Waals surface area (Å²) in [6.07, 6.45) is 3.36. The average molecular weight is 332 g/mol. The monoisotopic (exact) mass is 331 g/mol. The molecule has 1 aromatic heterocycles. The SMILES string of the molecule is O=[N+]([O-])c1ccc(-c2cnn(Cc3c(F)cccc3Cl)c2)cc1. The van der Waals surface area contributed by atoms with E-state index in [1.807, 2.05) is 0 Å². The number of hydrogen-bond acceptors (Lipinski definition) is 3. The molecule has 1 heterocycles. The molecule has 0 saturated heterocycles. The molecule has 23 heavy (non-hydrogen) atoms. The minimum atomic E-state index is -0.451. The summed E-state index contributed by atoms with van der Waals surface area (Å²) in [4.78, 5) is 10.2. The van der Waals surface area contributed by atoms with E-state index in [1.165, 1.54) is 18.2 Å². The van der Waals surface area contributed by atoms with Gasteiger partial charge in [-0.25, -0.2) is 4.39 Å². The molecule has 3 aromatic rings. The maximum atomic E-state index is 13.8. The fraction of sp³-hybridized carbons (Fsp3) is 0.0625. The van der Waals surface area contributed by atoms with E-state index in [9.17, 15) is 14.5 Å². The van der Waals surface area contributed by atoms with Crippen molar-refractivity contribution in [3.8, 4) is 11.1 Å². The number of nitro benzene ring substituents is 1. The molecule has 3 rings (SSSR count). The lowest BCUT2D eigenvalue weighted by Gasteiger charge is -2.05. The van der Waals surface area contributed by atoms with Crippen LogP contribution in [0.5, 0.6) is 0 Å². The summed E-state index contributed by atoms with van der Waals surface area (Å²) in [5.74, 6) is -0.384. The van der Waals surface area contributed by atoms with Crippen LogP contribution < -0.4 is 0 Å². The Labute approximate surface area is 136 Å². The van der Waals surface area contributed by atoms with Crippen LogP contribution in [-0.4, -0.2) is 14.7 Å². The van der Waals surface area contributed by atoms with Gasteiger partial charge < -0.3 is 0 Å². The Morgan fingerprint density at radius 3 is 2.57 bits per heavy atom. The van der Waals surface area contributed by atoms with E-state index in [2.05, 4.69) is 5.10 Å². The second-order valence-electron chi connectivity index (χ2n) is 4.93. The molecule has 0 spiro atoms. The molecular formula is C16H11ClFN3O2. The van der Waals surface area contributed by atoms with E-state index in [0.29, 0.717) is 10.6 Å². The highest BCUT2D eigenvalue weighted by Crippen LogP contribution is 2.24. The minimum absolute atomic E-state index is 0.0271. The van der Waals surface area contributed by atoms with Crippen molar-refractivity contribution >= 4 is 17.3 Å². The molecule has 0 N–H and O–H groups in total. The smallest absolute Gasteiger partial charge is 0.268 e. The zero-order chi connectivity index (χ0) is 16.4. The highest BCUT2D eigenvalue weighted by Gasteiger charge is 2.10. The Balaban J connectivity index is 1.84. The molecule has 0 aliphatic carbocycles. The van der Waals surface area contributed by atoms with Crippen molar-refractivity contribution < 1.29 is 9.31 Å². The first kappa shape index (κ1) is 15.2. The van der Waals surface area contributed by atoms with Gasteiger partial charge in [-0.3, -0.25) is 14.8 Å². The summed E-state index contributed by atoms with van der Waals surface area (Å²) in [7, 11) is 0. The Hall–Kier alpha value is -2.73. The Bertz CT molecular complexity index is 842. The van der Waals surface area contributed by atoms with E-state index >= 15 is 0 Å². The van der Waals surface area contributed by atoms with Crippen LogP contribution in [0.1, 0.15) is 5.56 Å². The predicted molar refractivity (Wildman–Crippen MR) is 84.8 cm³/mol. The third-order valence-corrected chi connectivity index (χ3v) is 3.78. The van der Waals surface area contributed by atoms with Crippen LogP contribution in [0.2, 0.25) is 5.02 Å². The summed E-state index contributed by atoms with van der Waals surface area (Å²) in [6.45, 7) is 0.207. The summed E-state index contributed by atoms with van der Waals surface area (Å²) < 4.78 is 15.4. The molecule has 0 fully saturated rings. The van der Waals surface area contributed by atoms with Crippen molar-refractivity contribution in [3.05, 3.63) is 81.4 Å². The number of halogens is 2. The van der Waals surface area contributed by atoms with Crippen LogP contribution in [-0.2, 0) is 6.54 Å². The second-order valence-corrected chi connectivity index (χ2v) is 5.34. The van der Waals surface area contributed by atoms with Crippen molar-refractivity contribution in [2.45, 2.75) is 6.54 Å². The maximum Gasteiger partial charge on any atom is 0.269 e. The van der Waals surface area contributed by atoms with E-state index in [0.717, 1.165) is 11.1 Å². The van der Waals surface area contributed by atoms with Gasteiger partial charge in [-0.1, -0.05) is 17.7 Å². The third kappa shape index (κ3) is 3.22. The van der Waals surface area contributed by atoms with Crippen LogP contribution in [0, 0.1) is 15.9 Å². The van der Waals surface area contributed by atoms with Crippen molar-refractivity contribution in [1.82, 2.24) is 9.78 Å². The highest BCUT2D eigenvalue weighted by molar-refractivity contribution is 6.31. The number of nitrogens with zero attached hydrogens (tertiary/aromatic N) is 3. The zero-order valence-electron chi connectivity index (χ0n) is 11.8. The number of nitro groups is 1. The van der Waals surface area contributed by atoms with E-state index in [4.69, 9.17) is 11.6 Å². The number of non-ortho nitro benzene ring substituents is 1. The molecule has 0 aliphatic heterocycles. The van der Waals surface area contributed by atoms with Crippen LogP contribution in [0.4, 0.5) is 10.1 Å². The average Bonchev–Trinajstić information content (AvgIpc) is 3.00. The quantitative estimate of drug-likeness (QED) is 0.529. The summed E-state index contributed by atoms with van der Waals surface area (Å²) in [5, 5.41) is 15.2. The van der Waals surface area contributed by atoms with Crippen LogP contribution in [0.15, 0.2) is 54.9 Å². The number of aromatic nitrogens is 2. The molecule has 0 aliphatic rings. The first-order valence-corrected chi connectivity index (χ1v) is 7.12. The van der Waals surface area contributed by atoms with Gasteiger partial charge in [-0.15, -0.1) is 0 Å². The van der Waals surface area contributed by atoms with Crippen LogP contribution in [0.25, 0.3) is 11.1 Å². The lowest BCUT2D eigenvalue weighted by atomic mass is 10.1. The fourth-order valence-electron chi connectivity index (χ4n) is 2.22. The Kier molecular flexibility index (Phi) is 4.08.